The summed E-state index contributed by atoms with van der Waals surface area (Å²) in [5.41, 5.74) is 0.703. The van der Waals surface area contributed by atoms with Gasteiger partial charge in [-0.2, -0.15) is 0 Å². The zero-order valence-electron chi connectivity index (χ0n) is 14.7. The van der Waals surface area contributed by atoms with Gasteiger partial charge in [0.1, 0.15) is 11.6 Å². The number of ether oxygens (including phenoxy) is 1. The molecule has 4 nitrogen and oxygen atoms in total. The second-order valence-corrected chi connectivity index (χ2v) is 6.40. The molecule has 1 aliphatic carbocycles. The van der Waals surface area contributed by atoms with Crippen LogP contribution in [0.3, 0.4) is 0 Å². The summed E-state index contributed by atoms with van der Waals surface area (Å²) in [6.45, 7) is 6.16. The number of rotatable bonds is 8. The fourth-order valence-electron chi connectivity index (χ4n) is 2.73. The quantitative estimate of drug-likeness (QED) is 0.433. The fraction of sp³-hybridized carbons (Fsp3) is 0.611. The molecule has 0 heterocycles. The molecule has 2 rings (SSSR count). The maximum atomic E-state index is 13.9. The molecule has 1 atom stereocenters. The van der Waals surface area contributed by atoms with Crippen molar-refractivity contribution < 1.29 is 13.5 Å². The Balaban J connectivity index is 1.86. The van der Waals surface area contributed by atoms with Crippen molar-refractivity contribution >= 4 is 5.96 Å². The highest BCUT2D eigenvalue weighted by Crippen LogP contribution is 2.48. The lowest BCUT2D eigenvalue weighted by molar-refractivity contribution is 0.128. The summed E-state index contributed by atoms with van der Waals surface area (Å²) in [6.07, 6.45) is 3.41. The fourth-order valence-corrected chi connectivity index (χ4v) is 2.73. The highest BCUT2D eigenvalue weighted by molar-refractivity contribution is 5.80. The van der Waals surface area contributed by atoms with Crippen LogP contribution in [-0.4, -0.2) is 32.8 Å². The van der Waals surface area contributed by atoms with Crippen LogP contribution in [-0.2, 0) is 4.74 Å². The van der Waals surface area contributed by atoms with Gasteiger partial charge in [-0.05, 0) is 44.6 Å². The topological polar surface area (TPSA) is 45.6 Å². The van der Waals surface area contributed by atoms with Crippen molar-refractivity contribution in [3.63, 3.8) is 0 Å². The van der Waals surface area contributed by atoms with Gasteiger partial charge >= 0.3 is 0 Å². The van der Waals surface area contributed by atoms with Crippen LogP contribution in [0.5, 0.6) is 0 Å². The third kappa shape index (κ3) is 5.16. The molecule has 1 fully saturated rings. The van der Waals surface area contributed by atoms with E-state index in [0.29, 0.717) is 11.5 Å². The molecule has 0 amide bonds. The average Bonchev–Trinajstić information content (AvgIpc) is 3.31. The van der Waals surface area contributed by atoms with Crippen molar-refractivity contribution in [2.75, 3.05) is 26.8 Å². The molecule has 134 valence electrons. The smallest absolute Gasteiger partial charge is 0.191 e. The van der Waals surface area contributed by atoms with Crippen molar-refractivity contribution in [2.45, 2.75) is 39.2 Å². The molecule has 1 aromatic carbocycles. The van der Waals surface area contributed by atoms with E-state index in [9.17, 15) is 8.78 Å². The molecule has 1 aromatic rings. The van der Waals surface area contributed by atoms with Gasteiger partial charge in [0, 0.05) is 38.4 Å². The van der Waals surface area contributed by atoms with Crippen LogP contribution in [0.15, 0.2) is 23.2 Å². The Labute approximate surface area is 142 Å². The van der Waals surface area contributed by atoms with E-state index in [1.165, 1.54) is 25.0 Å². The minimum absolute atomic E-state index is 0.289. The summed E-state index contributed by atoms with van der Waals surface area (Å²) in [4.78, 5) is 4.19. The lowest BCUT2D eigenvalue weighted by Gasteiger charge is -2.21. The highest BCUT2D eigenvalue weighted by atomic mass is 19.1. The summed E-state index contributed by atoms with van der Waals surface area (Å²) in [7, 11) is 1.68. The van der Waals surface area contributed by atoms with Gasteiger partial charge in [-0.25, -0.2) is 8.78 Å². The summed E-state index contributed by atoms with van der Waals surface area (Å²) in [5.74, 6) is -0.509. The van der Waals surface area contributed by atoms with Gasteiger partial charge in [-0.15, -0.1) is 0 Å². The largest absolute Gasteiger partial charge is 0.382 e. The van der Waals surface area contributed by atoms with Crippen LogP contribution >= 0.6 is 0 Å². The molecule has 0 spiro atoms. The SMILES string of the molecule is CCOCCC1(CNC(=NC)NC(C)c2ccc(F)cc2F)CC1. The Morgan fingerprint density at radius 1 is 1.38 bits per heavy atom. The summed E-state index contributed by atoms with van der Waals surface area (Å²) in [6, 6.07) is 3.31. The van der Waals surface area contributed by atoms with Crippen molar-refractivity contribution in [1.82, 2.24) is 10.6 Å². The van der Waals surface area contributed by atoms with Gasteiger partial charge in [-0.1, -0.05) is 6.07 Å². The number of benzene rings is 1. The first-order chi connectivity index (χ1) is 11.5. The standard InChI is InChI=1S/C18H27F2N3O/c1-4-24-10-9-18(7-8-18)12-22-17(21-3)23-13(2)15-6-5-14(19)11-16(15)20/h5-6,11,13H,4,7-10,12H2,1-3H3,(H2,21,22,23). The third-order valence-corrected chi connectivity index (χ3v) is 4.57. The minimum atomic E-state index is -0.573. The zero-order chi connectivity index (χ0) is 17.6. The number of guanidine groups is 1. The van der Waals surface area contributed by atoms with Gasteiger partial charge in [0.05, 0.1) is 6.04 Å². The van der Waals surface area contributed by atoms with Gasteiger partial charge in [0.2, 0.25) is 0 Å². The van der Waals surface area contributed by atoms with Crippen LogP contribution in [0.1, 0.15) is 44.7 Å². The summed E-state index contributed by atoms with van der Waals surface area (Å²) < 4.78 is 32.3. The van der Waals surface area contributed by atoms with Gasteiger partial charge in [-0.3, -0.25) is 4.99 Å². The van der Waals surface area contributed by atoms with Crippen LogP contribution in [0.2, 0.25) is 0 Å². The Hall–Kier alpha value is -1.69. The Bertz CT molecular complexity index is 573. The van der Waals surface area contributed by atoms with E-state index in [0.717, 1.165) is 32.2 Å². The average molecular weight is 339 g/mol. The van der Waals surface area contributed by atoms with E-state index in [4.69, 9.17) is 4.74 Å². The summed E-state index contributed by atoms with van der Waals surface area (Å²) >= 11 is 0. The predicted octanol–water partition coefficient (Wildman–Crippen LogP) is 3.40. The first-order valence-electron chi connectivity index (χ1n) is 8.49. The number of hydrogen-bond acceptors (Lipinski definition) is 2. The van der Waals surface area contributed by atoms with E-state index >= 15 is 0 Å². The van der Waals surface area contributed by atoms with Gasteiger partial charge in [0.25, 0.3) is 0 Å². The maximum absolute atomic E-state index is 13.9. The second kappa shape index (κ2) is 8.42. The molecular formula is C18H27F2N3O. The molecule has 1 saturated carbocycles. The lowest BCUT2D eigenvalue weighted by atomic mass is 10.0. The zero-order valence-corrected chi connectivity index (χ0v) is 14.7. The highest BCUT2D eigenvalue weighted by Gasteiger charge is 2.42. The number of hydrogen-bond donors (Lipinski definition) is 2. The van der Waals surface area contributed by atoms with Gasteiger partial charge in [0.15, 0.2) is 5.96 Å². The molecular weight excluding hydrogens is 312 g/mol. The number of nitrogens with one attached hydrogen (secondary N) is 2. The van der Waals surface area contributed by atoms with E-state index in [1.807, 2.05) is 13.8 Å². The van der Waals surface area contributed by atoms with E-state index < -0.39 is 11.6 Å². The molecule has 0 saturated heterocycles. The number of halogens is 2. The molecule has 24 heavy (non-hydrogen) atoms. The maximum Gasteiger partial charge on any atom is 0.191 e. The van der Waals surface area contributed by atoms with Crippen molar-refractivity contribution in [3.8, 4) is 0 Å². The molecule has 0 aromatic heterocycles. The van der Waals surface area contributed by atoms with E-state index in [-0.39, 0.29) is 11.5 Å². The van der Waals surface area contributed by atoms with Crippen molar-refractivity contribution in [2.24, 2.45) is 10.4 Å². The van der Waals surface area contributed by atoms with Crippen LogP contribution in [0, 0.1) is 17.0 Å². The summed E-state index contributed by atoms with van der Waals surface area (Å²) in [5, 5.41) is 6.47. The van der Waals surface area contributed by atoms with Gasteiger partial charge < -0.3 is 15.4 Å². The first-order valence-corrected chi connectivity index (χ1v) is 8.49. The second-order valence-electron chi connectivity index (χ2n) is 6.40. The molecule has 1 unspecified atom stereocenters. The monoisotopic (exact) mass is 339 g/mol. The number of nitrogens with zero attached hydrogens (tertiary/aromatic N) is 1. The van der Waals surface area contributed by atoms with Crippen LogP contribution < -0.4 is 10.6 Å². The normalized spacial score (nSPS) is 17.5. The predicted molar refractivity (Wildman–Crippen MR) is 92.0 cm³/mol. The molecule has 0 aliphatic heterocycles. The van der Waals surface area contributed by atoms with Crippen LogP contribution in [0.25, 0.3) is 0 Å². The van der Waals surface area contributed by atoms with E-state index in [2.05, 4.69) is 15.6 Å². The van der Waals surface area contributed by atoms with Crippen LogP contribution in [0.4, 0.5) is 8.78 Å². The molecule has 1 aliphatic rings. The molecule has 2 N–H and O–H groups in total. The Kier molecular flexibility index (Phi) is 6.54. The van der Waals surface area contributed by atoms with Crippen molar-refractivity contribution in [3.05, 3.63) is 35.4 Å². The molecule has 0 radical (unpaired) electrons. The minimum Gasteiger partial charge on any atom is -0.382 e. The number of aliphatic imine (C=N–C) groups is 1. The molecule has 0 bridgehead atoms. The van der Waals surface area contributed by atoms with E-state index in [1.54, 1.807) is 7.05 Å². The van der Waals surface area contributed by atoms with Crippen molar-refractivity contribution in [1.29, 1.82) is 0 Å². The Morgan fingerprint density at radius 2 is 2.12 bits per heavy atom. The Morgan fingerprint density at radius 3 is 2.71 bits per heavy atom. The third-order valence-electron chi connectivity index (χ3n) is 4.57. The molecule has 6 heteroatoms. The first kappa shape index (κ1) is 18.6. The lowest BCUT2D eigenvalue weighted by Crippen LogP contribution is -2.41.